The molecule has 0 aliphatic heterocycles. The summed E-state index contributed by atoms with van der Waals surface area (Å²) < 4.78 is 5.63. The second-order valence-corrected chi connectivity index (χ2v) is 6.90. The molecular formula is C24H26N2O3. The highest BCUT2D eigenvalue weighted by atomic mass is 16.5. The van der Waals surface area contributed by atoms with E-state index in [9.17, 15) is 9.59 Å². The Kier molecular flexibility index (Phi) is 7.22. The molecule has 150 valence electrons. The molecule has 0 spiro atoms. The molecule has 3 aromatic rings. The fraction of sp³-hybridized carbons (Fsp3) is 0.250. The average molecular weight is 390 g/mol. The number of fused-ring (bicyclic) bond motifs is 1. The largest absolute Gasteiger partial charge is 0.494 e. The summed E-state index contributed by atoms with van der Waals surface area (Å²) in [6, 6.07) is 23.1. The Hall–Kier alpha value is -3.34. The minimum Gasteiger partial charge on any atom is -0.494 e. The SMILES string of the molecule is CN(CCCOc1ccccc1)C(=O)CCNC(=O)c1ccc2ccccc2c1. The van der Waals surface area contributed by atoms with Gasteiger partial charge in [-0.3, -0.25) is 9.59 Å². The van der Waals surface area contributed by atoms with Gasteiger partial charge >= 0.3 is 0 Å². The molecular weight excluding hydrogens is 364 g/mol. The van der Waals surface area contributed by atoms with Gasteiger partial charge in [0.15, 0.2) is 0 Å². The van der Waals surface area contributed by atoms with E-state index >= 15 is 0 Å². The Balaban J connectivity index is 1.36. The minimum atomic E-state index is -0.164. The monoisotopic (exact) mass is 390 g/mol. The zero-order valence-corrected chi connectivity index (χ0v) is 16.6. The van der Waals surface area contributed by atoms with Gasteiger partial charge in [-0.25, -0.2) is 0 Å². The minimum absolute atomic E-state index is 0.00326. The van der Waals surface area contributed by atoms with Crippen LogP contribution in [-0.2, 0) is 4.79 Å². The van der Waals surface area contributed by atoms with Gasteiger partial charge in [-0.1, -0.05) is 48.5 Å². The van der Waals surface area contributed by atoms with Gasteiger partial charge in [0.2, 0.25) is 5.91 Å². The summed E-state index contributed by atoms with van der Waals surface area (Å²) >= 11 is 0. The number of rotatable bonds is 9. The van der Waals surface area contributed by atoms with Gasteiger partial charge in [0.25, 0.3) is 5.91 Å². The van der Waals surface area contributed by atoms with E-state index in [1.54, 1.807) is 18.0 Å². The number of carbonyl (C=O) groups is 2. The Bertz CT molecular complexity index is 957. The molecule has 5 heteroatoms. The van der Waals surface area contributed by atoms with E-state index in [2.05, 4.69) is 5.32 Å². The normalized spacial score (nSPS) is 10.5. The van der Waals surface area contributed by atoms with Crippen LogP contribution in [0.2, 0.25) is 0 Å². The van der Waals surface area contributed by atoms with Crippen molar-refractivity contribution in [3.8, 4) is 5.75 Å². The molecule has 0 aliphatic rings. The third-order valence-electron chi connectivity index (χ3n) is 4.71. The van der Waals surface area contributed by atoms with Crippen molar-refractivity contribution in [1.29, 1.82) is 0 Å². The van der Waals surface area contributed by atoms with E-state index < -0.39 is 0 Å². The zero-order valence-electron chi connectivity index (χ0n) is 16.6. The fourth-order valence-corrected chi connectivity index (χ4v) is 3.04. The molecule has 0 aromatic heterocycles. The molecule has 0 bridgehead atoms. The lowest BCUT2D eigenvalue weighted by molar-refractivity contribution is -0.129. The van der Waals surface area contributed by atoms with Crippen molar-refractivity contribution in [2.45, 2.75) is 12.8 Å². The first-order valence-electron chi connectivity index (χ1n) is 9.82. The maximum atomic E-state index is 12.3. The van der Waals surface area contributed by atoms with Crippen molar-refractivity contribution < 1.29 is 14.3 Å². The van der Waals surface area contributed by atoms with Gasteiger partial charge in [0.1, 0.15) is 5.75 Å². The summed E-state index contributed by atoms with van der Waals surface area (Å²) in [7, 11) is 1.77. The summed E-state index contributed by atoms with van der Waals surface area (Å²) in [5.74, 6) is 0.670. The van der Waals surface area contributed by atoms with Crippen LogP contribution in [0.3, 0.4) is 0 Å². The first-order valence-corrected chi connectivity index (χ1v) is 9.82. The van der Waals surface area contributed by atoms with E-state index in [4.69, 9.17) is 4.74 Å². The molecule has 2 amide bonds. The van der Waals surface area contributed by atoms with Crippen LogP contribution < -0.4 is 10.1 Å². The van der Waals surface area contributed by atoms with Gasteiger partial charge in [0.05, 0.1) is 6.61 Å². The number of para-hydroxylation sites is 1. The molecule has 29 heavy (non-hydrogen) atoms. The predicted octanol–water partition coefficient (Wildman–Crippen LogP) is 3.89. The molecule has 0 aliphatic carbocycles. The van der Waals surface area contributed by atoms with Crippen LogP contribution in [0.4, 0.5) is 0 Å². The molecule has 0 heterocycles. The van der Waals surface area contributed by atoms with Crippen molar-refractivity contribution in [2.24, 2.45) is 0 Å². The lowest BCUT2D eigenvalue weighted by atomic mass is 10.1. The van der Waals surface area contributed by atoms with Gasteiger partial charge in [0, 0.05) is 32.1 Å². The van der Waals surface area contributed by atoms with Crippen molar-refractivity contribution >= 4 is 22.6 Å². The van der Waals surface area contributed by atoms with Crippen LogP contribution >= 0.6 is 0 Å². The summed E-state index contributed by atoms with van der Waals surface area (Å²) in [5, 5.41) is 4.94. The number of benzene rings is 3. The lowest BCUT2D eigenvalue weighted by Gasteiger charge is -2.17. The van der Waals surface area contributed by atoms with Gasteiger partial charge in [-0.05, 0) is 41.5 Å². The highest BCUT2D eigenvalue weighted by Crippen LogP contribution is 2.15. The van der Waals surface area contributed by atoms with E-state index in [1.807, 2.05) is 66.7 Å². The van der Waals surface area contributed by atoms with Crippen molar-refractivity contribution in [3.05, 3.63) is 78.4 Å². The molecule has 0 unspecified atom stereocenters. The van der Waals surface area contributed by atoms with E-state index in [1.165, 1.54) is 0 Å². The first-order chi connectivity index (χ1) is 14.1. The highest BCUT2D eigenvalue weighted by Gasteiger charge is 2.10. The summed E-state index contributed by atoms with van der Waals surface area (Å²) in [5.41, 5.74) is 0.600. The fourth-order valence-electron chi connectivity index (χ4n) is 3.04. The molecule has 1 N–H and O–H groups in total. The number of ether oxygens (including phenoxy) is 1. The molecule has 3 aromatic carbocycles. The number of nitrogens with one attached hydrogen (secondary N) is 1. The van der Waals surface area contributed by atoms with Crippen LogP contribution in [0.1, 0.15) is 23.2 Å². The van der Waals surface area contributed by atoms with E-state index in [0.717, 1.165) is 22.9 Å². The first kappa shape index (κ1) is 20.4. The Labute approximate surface area is 171 Å². The van der Waals surface area contributed by atoms with E-state index in [-0.39, 0.29) is 18.2 Å². The second kappa shape index (κ2) is 10.3. The van der Waals surface area contributed by atoms with Crippen molar-refractivity contribution in [1.82, 2.24) is 10.2 Å². The zero-order chi connectivity index (χ0) is 20.5. The maximum absolute atomic E-state index is 12.3. The number of carbonyl (C=O) groups excluding carboxylic acids is 2. The lowest BCUT2D eigenvalue weighted by Crippen LogP contribution is -2.33. The van der Waals surface area contributed by atoms with Crippen LogP contribution in [0, 0.1) is 0 Å². The summed E-state index contributed by atoms with van der Waals surface area (Å²) in [4.78, 5) is 26.2. The molecule has 3 rings (SSSR count). The molecule has 0 radical (unpaired) electrons. The maximum Gasteiger partial charge on any atom is 0.251 e. The average Bonchev–Trinajstić information content (AvgIpc) is 2.76. The van der Waals surface area contributed by atoms with Crippen LogP contribution in [0.5, 0.6) is 5.75 Å². The van der Waals surface area contributed by atoms with E-state index in [0.29, 0.717) is 25.3 Å². The Morgan fingerprint density at radius 1 is 0.931 bits per heavy atom. The van der Waals surface area contributed by atoms with Gasteiger partial charge in [-0.2, -0.15) is 0 Å². The van der Waals surface area contributed by atoms with Crippen LogP contribution in [0.25, 0.3) is 10.8 Å². The predicted molar refractivity (Wildman–Crippen MR) is 115 cm³/mol. The van der Waals surface area contributed by atoms with Gasteiger partial charge in [-0.15, -0.1) is 0 Å². The quantitative estimate of drug-likeness (QED) is 0.564. The van der Waals surface area contributed by atoms with Crippen LogP contribution in [-0.4, -0.2) is 43.5 Å². The van der Waals surface area contributed by atoms with Crippen molar-refractivity contribution in [3.63, 3.8) is 0 Å². The molecule has 0 saturated heterocycles. The second-order valence-electron chi connectivity index (χ2n) is 6.90. The highest BCUT2D eigenvalue weighted by molar-refractivity contribution is 5.98. The third-order valence-corrected chi connectivity index (χ3v) is 4.71. The Morgan fingerprint density at radius 3 is 2.45 bits per heavy atom. The molecule has 5 nitrogen and oxygen atoms in total. The molecule has 0 saturated carbocycles. The topological polar surface area (TPSA) is 58.6 Å². The molecule has 0 atom stereocenters. The Morgan fingerprint density at radius 2 is 1.66 bits per heavy atom. The van der Waals surface area contributed by atoms with Gasteiger partial charge < -0.3 is 15.0 Å². The van der Waals surface area contributed by atoms with Crippen molar-refractivity contribution in [2.75, 3.05) is 26.7 Å². The number of hydrogen-bond donors (Lipinski definition) is 1. The number of nitrogens with zero attached hydrogens (tertiary/aromatic N) is 1. The number of hydrogen-bond acceptors (Lipinski definition) is 3. The summed E-state index contributed by atoms with van der Waals surface area (Å²) in [6.07, 6.45) is 1.02. The standard InChI is InChI=1S/C24H26N2O3/c1-26(16-7-17-29-22-10-3-2-4-11-22)23(27)14-15-25-24(28)21-13-12-19-8-5-6-9-20(19)18-21/h2-6,8-13,18H,7,14-17H2,1H3,(H,25,28). The third kappa shape index (κ3) is 6.07. The number of amides is 2. The smallest absolute Gasteiger partial charge is 0.251 e. The summed E-state index contributed by atoms with van der Waals surface area (Å²) in [6.45, 7) is 1.49. The molecule has 0 fully saturated rings. The van der Waals surface area contributed by atoms with Crippen LogP contribution in [0.15, 0.2) is 72.8 Å².